The number of hydrogen-bond acceptors (Lipinski definition) is 20. The minimum Gasteiger partial charge on any atom is -0.455 e. The molecule has 58 heavy (non-hydrogen) atoms. The smallest absolute Gasteiger partial charge is 0.455 e. The Morgan fingerprint density at radius 2 is 1.84 bits per heavy atom. The average molecular weight is 882 g/mol. The Morgan fingerprint density at radius 1 is 1.12 bits per heavy atom. The van der Waals surface area contributed by atoms with Crippen LogP contribution in [0.2, 0.25) is 0 Å². The second kappa shape index (κ2) is 18.4. The van der Waals surface area contributed by atoms with Gasteiger partial charge in [-0.15, -0.1) is 6.58 Å². The van der Waals surface area contributed by atoms with Gasteiger partial charge in [0.2, 0.25) is 5.91 Å². The Labute approximate surface area is 328 Å². The number of nitrogens with zero attached hydrogens (tertiary/aromatic N) is 6. The molecule has 0 aliphatic carbocycles. The number of aromatic nitrogens is 6. The topological polar surface area (TPSA) is 381 Å². The van der Waals surface area contributed by atoms with Crippen LogP contribution in [0, 0.1) is 0 Å². The molecular formula is C29H41N9O17P2S. The molecular weight excluding hydrogens is 840 g/mol. The van der Waals surface area contributed by atoms with E-state index in [1.54, 1.807) is 0 Å². The van der Waals surface area contributed by atoms with Crippen LogP contribution in [0.4, 0.5) is 11.6 Å². The summed E-state index contributed by atoms with van der Waals surface area (Å²) in [6.45, 7) is 1.70. The van der Waals surface area contributed by atoms with E-state index in [2.05, 4.69) is 36.4 Å². The number of hydrogen-bond donors (Lipinski definition) is 7. The molecule has 0 saturated carbocycles. The van der Waals surface area contributed by atoms with Gasteiger partial charge >= 0.3 is 27.3 Å². The van der Waals surface area contributed by atoms with Gasteiger partial charge in [-0.3, -0.25) is 27.5 Å². The number of nitrogens with two attached hydrogens (primary N) is 2. The van der Waals surface area contributed by atoms with Gasteiger partial charge in [-0.25, -0.2) is 42.1 Å². The Hall–Kier alpha value is -4.24. The normalized spacial score (nSPS) is 25.3. The number of ether oxygens (including phenoxy) is 3. The molecule has 0 radical (unpaired) electrons. The van der Waals surface area contributed by atoms with Crippen molar-refractivity contribution in [2.75, 3.05) is 36.7 Å². The van der Waals surface area contributed by atoms with Gasteiger partial charge in [0.1, 0.15) is 64.2 Å². The number of imidazole rings is 1. The molecule has 2 fully saturated rings. The van der Waals surface area contributed by atoms with Crippen LogP contribution in [0.3, 0.4) is 0 Å². The monoisotopic (exact) mass is 881 g/mol. The highest BCUT2D eigenvalue weighted by Gasteiger charge is 2.50. The molecule has 0 spiro atoms. The zero-order chi connectivity index (χ0) is 42.6. The van der Waals surface area contributed by atoms with Gasteiger partial charge in [0, 0.05) is 25.3 Å². The molecule has 0 aromatic carbocycles. The number of aliphatic hydroxyl groups excluding tert-OH is 1. The molecule has 5 rings (SSSR count). The Kier molecular flexibility index (Phi) is 14.2. The number of nitrogen functional groups attached to an aromatic ring is 2. The second-order valence-corrected chi connectivity index (χ2v) is 17.9. The molecule has 9 atom stereocenters. The predicted molar refractivity (Wildman–Crippen MR) is 195 cm³/mol. The summed E-state index contributed by atoms with van der Waals surface area (Å²) < 4.78 is 83.3. The number of phosphoric acid groups is 2. The number of carbonyl (C=O) groups is 2. The zero-order valence-electron chi connectivity index (χ0n) is 30.4. The standard InChI is InChI=1S/C29H41N9O17P2S/c1-3-4-5-20(39)35-15(7-9-58(2,48)49)28(41)54-24-18(53-27(23(24)40)38-14-34-22-25(31)32-13-33-26(22)38)12-51-57(46,47)55-16-10-21(37-8-6-19(30)36-29(37)42)52-17(16)11-50-56(43,44)45/h3,6,8,13-18,21,23-24,27,40H,1,4-5,7,9-12H2,2H3,(H,35,39)(H,46,47)(H2,30,36,42)(H2,31,32,33)(H2,43,44,45)/t15-,16+,17-,18+,21-,23-,24-,27?/m1/s1. The molecule has 2 unspecified atom stereocenters. The van der Waals surface area contributed by atoms with Crippen LogP contribution in [-0.2, 0) is 56.3 Å². The number of aliphatic hydroxyl groups is 1. The lowest BCUT2D eigenvalue weighted by Crippen LogP contribution is -2.47. The van der Waals surface area contributed by atoms with Gasteiger partial charge in [-0.05, 0) is 18.9 Å². The molecule has 3 aromatic rings. The van der Waals surface area contributed by atoms with Crippen molar-refractivity contribution in [1.82, 2.24) is 34.4 Å². The third kappa shape index (κ3) is 11.7. The molecule has 5 heterocycles. The molecule has 320 valence electrons. The SMILES string of the molecule is C=CCCC(=O)N[C@H](CCS(C)(=O)=O)C(=O)O[C@@H]1[C@H](COP(=O)(O)O[C@H]2C[C@H](n3ccc(N)nc3=O)O[C@@H]2COP(=O)(O)O)OC(n2cnc3c(N)ncnc32)[C@@H]1O. The average Bonchev–Trinajstić information content (AvgIpc) is 3.82. The van der Waals surface area contributed by atoms with E-state index >= 15 is 0 Å². The van der Waals surface area contributed by atoms with Crippen molar-refractivity contribution in [2.45, 2.75) is 74.7 Å². The van der Waals surface area contributed by atoms with Crippen LogP contribution in [-0.4, -0.2) is 131 Å². The molecule has 2 aliphatic rings. The second-order valence-electron chi connectivity index (χ2n) is 13.0. The summed E-state index contributed by atoms with van der Waals surface area (Å²) in [5.41, 5.74) is 10.7. The predicted octanol–water partition coefficient (Wildman–Crippen LogP) is -1.80. The lowest BCUT2D eigenvalue weighted by atomic mass is 10.1. The van der Waals surface area contributed by atoms with Gasteiger partial charge < -0.3 is 50.8 Å². The number of sulfone groups is 1. The summed E-state index contributed by atoms with van der Waals surface area (Å²) in [4.78, 5) is 83.7. The van der Waals surface area contributed by atoms with Crippen LogP contribution in [0.5, 0.6) is 0 Å². The van der Waals surface area contributed by atoms with E-state index in [0.29, 0.717) is 0 Å². The molecule has 1 amide bonds. The van der Waals surface area contributed by atoms with E-state index in [9.17, 15) is 51.7 Å². The maximum absolute atomic E-state index is 13.6. The summed E-state index contributed by atoms with van der Waals surface area (Å²) in [6.07, 6.45) is -5.67. The highest BCUT2D eigenvalue weighted by atomic mass is 32.2. The Bertz CT molecular complexity index is 2260. The third-order valence-electron chi connectivity index (χ3n) is 8.62. The summed E-state index contributed by atoms with van der Waals surface area (Å²) in [5, 5.41) is 13.9. The van der Waals surface area contributed by atoms with Crippen molar-refractivity contribution in [2.24, 2.45) is 0 Å². The van der Waals surface area contributed by atoms with Crippen LogP contribution in [0.1, 0.15) is 38.1 Å². The maximum atomic E-state index is 13.6. The molecule has 9 N–H and O–H groups in total. The highest BCUT2D eigenvalue weighted by Crippen LogP contribution is 2.50. The first-order chi connectivity index (χ1) is 27.1. The van der Waals surface area contributed by atoms with Crippen molar-refractivity contribution in [1.29, 1.82) is 0 Å². The van der Waals surface area contributed by atoms with Gasteiger partial charge in [0.05, 0.1) is 25.3 Å². The number of fused-ring (bicyclic) bond motifs is 1. The number of carbonyl (C=O) groups excluding carboxylic acids is 2. The van der Waals surface area contributed by atoms with Crippen molar-refractivity contribution in [3.05, 3.63) is 48.1 Å². The summed E-state index contributed by atoms with van der Waals surface area (Å²) in [7, 11) is -14.0. The first-order valence-electron chi connectivity index (χ1n) is 17.1. The molecule has 2 aliphatic heterocycles. The number of nitrogens with one attached hydrogen (secondary N) is 1. The molecule has 0 bridgehead atoms. The first-order valence-corrected chi connectivity index (χ1v) is 22.1. The quantitative estimate of drug-likeness (QED) is 0.0397. The minimum absolute atomic E-state index is 0.0291. The Balaban J connectivity index is 1.38. The van der Waals surface area contributed by atoms with Gasteiger partial charge in [-0.1, -0.05) is 6.08 Å². The van der Waals surface area contributed by atoms with Crippen molar-refractivity contribution in [3.63, 3.8) is 0 Å². The van der Waals surface area contributed by atoms with Crippen molar-refractivity contribution >= 4 is 60.2 Å². The fourth-order valence-electron chi connectivity index (χ4n) is 5.90. The highest BCUT2D eigenvalue weighted by molar-refractivity contribution is 7.90. The number of allylic oxidation sites excluding steroid dienone is 1. The van der Waals surface area contributed by atoms with Crippen LogP contribution in [0.15, 0.2) is 42.4 Å². The summed E-state index contributed by atoms with van der Waals surface area (Å²) in [6, 6.07) is -0.286. The van der Waals surface area contributed by atoms with Crippen LogP contribution < -0.4 is 22.5 Å². The van der Waals surface area contributed by atoms with Crippen molar-refractivity contribution < 1.29 is 74.7 Å². The number of amides is 1. The zero-order valence-corrected chi connectivity index (χ0v) is 33.0. The summed E-state index contributed by atoms with van der Waals surface area (Å²) >= 11 is 0. The molecule has 3 aromatic heterocycles. The van der Waals surface area contributed by atoms with E-state index in [4.69, 9.17) is 34.7 Å². The number of phosphoric ester groups is 2. The summed E-state index contributed by atoms with van der Waals surface area (Å²) in [5.74, 6) is -2.54. The third-order valence-corrected chi connectivity index (χ3v) is 11.1. The largest absolute Gasteiger partial charge is 0.472 e. The lowest BCUT2D eigenvalue weighted by Gasteiger charge is -2.25. The minimum atomic E-state index is -5.26. The van der Waals surface area contributed by atoms with E-state index in [1.165, 1.54) is 29.2 Å². The van der Waals surface area contributed by atoms with E-state index < -0.39 is 117 Å². The molecule has 2 saturated heterocycles. The number of anilines is 2. The molecule has 26 nitrogen and oxygen atoms in total. The lowest BCUT2D eigenvalue weighted by molar-refractivity contribution is -0.160. The van der Waals surface area contributed by atoms with Crippen molar-refractivity contribution in [3.8, 4) is 0 Å². The first kappa shape index (κ1) is 44.9. The fraction of sp³-hybridized carbons (Fsp3) is 0.552. The maximum Gasteiger partial charge on any atom is 0.472 e. The van der Waals surface area contributed by atoms with Gasteiger partial charge in [0.25, 0.3) is 0 Å². The van der Waals surface area contributed by atoms with Gasteiger partial charge in [-0.2, -0.15) is 4.98 Å². The van der Waals surface area contributed by atoms with E-state index in [0.717, 1.165) is 17.2 Å². The van der Waals surface area contributed by atoms with Gasteiger partial charge in [0.15, 0.2) is 23.8 Å². The Morgan fingerprint density at radius 3 is 2.52 bits per heavy atom. The fourth-order valence-corrected chi connectivity index (χ4v) is 7.86. The molecule has 29 heteroatoms. The van der Waals surface area contributed by atoms with Crippen LogP contribution >= 0.6 is 15.6 Å². The van der Waals surface area contributed by atoms with E-state index in [1.807, 2.05) is 0 Å². The number of esters is 1. The van der Waals surface area contributed by atoms with Crippen LogP contribution in [0.25, 0.3) is 11.2 Å². The number of rotatable bonds is 19. The van der Waals surface area contributed by atoms with E-state index in [-0.39, 0.29) is 42.1 Å².